The number of carbonyl (C=O) groups is 1. The Morgan fingerprint density at radius 1 is 1.67 bits per heavy atom. The summed E-state index contributed by atoms with van der Waals surface area (Å²) in [4.78, 5) is 18.0. The van der Waals surface area contributed by atoms with E-state index in [1.807, 2.05) is 19.1 Å². The van der Waals surface area contributed by atoms with Gasteiger partial charge in [-0.05, 0) is 31.9 Å². The van der Waals surface area contributed by atoms with Crippen molar-refractivity contribution >= 4 is 11.6 Å². The van der Waals surface area contributed by atoms with Crippen molar-refractivity contribution in [1.29, 1.82) is 0 Å². The molecule has 0 saturated carbocycles. The molecule has 0 spiro atoms. The smallest absolute Gasteiger partial charge is 0.269 e. The summed E-state index contributed by atoms with van der Waals surface area (Å²) in [6, 6.07) is 3.99. The highest BCUT2D eigenvalue weighted by molar-refractivity contribution is 5.93. The summed E-state index contributed by atoms with van der Waals surface area (Å²) in [6.07, 6.45) is 3.85. The summed E-state index contributed by atoms with van der Waals surface area (Å²) < 4.78 is 0. The zero-order valence-corrected chi connectivity index (χ0v) is 10.7. The minimum atomic E-state index is -0.124. The van der Waals surface area contributed by atoms with Gasteiger partial charge in [0, 0.05) is 37.6 Å². The SMILES string of the molecule is CCNC(=O)c1cc(N2CCCC(N)C2)ccn1. The van der Waals surface area contributed by atoms with Crippen molar-refractivity contribution in [2.75, 3.05) is 24.5 Å². The molecule has 2 rings (SSSR count). The average molecular weight is 248 g/mol. The first kappa shape index (κ1) is 12.8. The van der Waals surface area contributed by atoms with Gasteiger partial charge in [0.15, 0.2) is 0 Å². The lowest BCUT2D eigenvalue weighted by molar-refractivity contribution is 0.0951. The Morgan fingerprint density at radius 3 is 3.22 bits per heavy atom. The first-order valence-corrected chi connectivity index (χ1v) is 6.45. The van der Waals surface area contributed by atoms with Crippen LogP contribution in [-0.4, -0.2) is 36.6 Å². The fourth-order valence-corrected chi connectivity index (χ4v) is 2.24. The van der Waals surface area contributed by atoms with Gasteiger partial charge in [-0.1, -0.05) is 0 Å². The van der Waals surface area contributed by atoms with E-state index in [9.17, 15) is 4.79 Å². The Hall–Kier alpha value is -1.62. The summed E-state index contributed by atoms with van der Waals surface area (Å²) in [6.45, 7) is 4.34. The normalized spacial score (nSPS) is 19.7. The van der Waals surface area contributed by atoms with E-state index in [1.54, 1.807) is 6.20 Å². The van der Waals surface area contributed by atoms with Crippen LogP contribution in [0, 0.1) is 0 Å². The van der Waals surface area contributed by atoms with Crippen LogP contribution in [0.4, 0.5) is 5.69 Å². The number of piperidine rings is 1. The van der Waals surface area contributed by atoms with Crippen LogP contribution < -0.4 is 16.0 Å². The minimum Gasteiger partial charge on any atom is -0.370 e. The predicted molar refractivity (Wildman–Crippen MR) is 71.7 cm³/mol. The molecule has 0 aliphatic carbocycles. The number of rotatable bonds is 3. The van der Waals surface area contributed by atoms with E-state index in [0.29, 0.717) is 12.2 Å². The Labute approximate surface area is 107 Å². The fraction of sp³-hybridized carbons (Fsp3) is 0.538. The molecule has 0 aromatic carbocycles. The Kier molecular flexibility index (Phi) is 4.15. The van der Waals surface area contributed by atoms with Crippen molar-refractivity contribution in [3.05, 3.63) is 24.0 Å². The molecule has 2 heterocycles. The van der Waals surface area contributed by atoms with Crippen LogP contribution in [0.15, 0.2) is 18.3 Å². The van der Waals surface area contributed by atoms with Crippen LogP contribution >= 0.6 is 0 Å². The summed E-state index contributed by atoms with van der Waals surface area (Å²) in [7, 11) is 0. The van der Waals surface area contributed by atoms with Crippen LogP contribution in [-0.2, 0) is 0 Å². The van der Waals surface area contributed by atoms with Crippen LogP contribution in [0.1, 0.15) is 30.3 Å². The lowest BCUT2D eigenvalue weighted by atomic mass is 10.1. The molecule has 18 heavy (non-hydrogen) atoms. The zero-order chi connectivity index (χ0) is 13.0. The highest BCUT2D eigenvalue weighted by Gasteiger charge is 2.18. The first-order valence-electron chi connectivity index (χ1n) is 6.45. The number of aromatic nitrogens is 1. The third kappa shape index (κ3) is 2.98. The molecule has 98 valence electrons. The van der Waals surface area contributed by atoms with Crippen molar-refractivity contribution in [3.63, 3.8) is 0 Å². The second kappa shape index (κ2) is 5.82. The Bertz CT molecular complexity index is 421. The van der Waals surface area contributed by atoms with E-state index in [4.69, 9.17) is 5.73 Å². The fourth-order valence-electron chi connectivity index (χ4n) is 2.24. The van der Waals surface area contributed by atoms with Gasteiger partial charge in [0.05, 0.1) is 0 Å². The van der Waals surface area contributed by atoms with Crippen LogP contribution in [0.25, 0.3) is 0 Å². The maximum atomic E-state index is 11.7. The number of anilines is 1. The van der Waals surface area contributed by atoms with Crippen molar-refractivity contribution in [2.24, 2.45) is 5.73 Å². The van der Waals surface area contributed by atoms with Crippen molar-refractivity contribution < 1.29 is 4.79 Å². The molecule has 1 saturated heterocycles. The van der Waals surface area contributed by atoms with Crippen LogP contribution in [0.3, 0.4) is 0 Å². The van der Waals surface area contributed by atoms with Crippen LogP contribution in [0.5, 0.6) is 0 Å². The monoisotopic (exact) mass is 248 g/mol. The number of hydrogen-bond donors (Lipinski definition) is 2. The van der Waals surface area contributed by atoms with Crippen molar-refractivity contribution in [3.8, 4) is 0 Å². The van der Waals surface area contributed by atoms with Crippen molar-refractivity contribution in [1.82, 2.24) is 10.3 Å². The van der Waals surface area contributed by atoms with E-state index in [2.05, 4.69) is 15.2 Å². The van der Waals surface area contributed by atoms with Gasteiger partial charge in [-0.3, -0.25) is 9.78 Å². The number of nitrogens with zero attached hydrogens (tertiary/aromatic N) is 2. The molecule has 1 unspecified atom stereocenters. The van der Waals surface area contributed by atoms with Gasteiger partial charge < -0.3 is 16.0 Å². The quantitative estimate of drug-likeness (QED) is 0.828. The lowest BCUT2D eigenvalue weighted by Gasteiger charge is -2.32. The van der Waals surface area contributed by atoms with Crippen LogP contribution in [0.2, 0.25) is 0 Å². The predicted octanol–water partition coefficient (Wildman–Crippen LogP) is 0.759. The average Bonchev–Trinajstić information content (AvgIpc) is 2.39. The van der Waals surface area contributed by atoms with Gasteiger partial charge in [0.2, 0.25) is 0 Å². The maximum Gasteiger partial charge on any atom is 0.269 e. The number of amides is 1. The summed E-state index contributed by atoms with van der Waals surface area (Å²) in [5, 5.41) is 2.76. The number of nitrogens with two attached hydrogens (primary N) is 1. The van der Waals surface area contributed by atoms with Crippen molar-refractivity contribution in [2.45, 2.75) is 25.8 Å². The molecule has 5 nitrogen and oxygen atoms in total. The van der Waals surface area contributed by atoms with E-state index in [0.717, 1.165) is 31.6 Å². The number of pyridine rings is 1. The van der Waals surface area contributed by atoms with E-state index < -0.39 is 0 Å². The van der Waals surface area contributed by atoms with E-state index in [-0.39, 0.29) is 11.9 Å². The molecule has 1 aromatic rings. The highest BCUT2D eigenvalue weighted by atomic mass is 16.1. The zero-order valence-electron chi connectivity index (χ0n) is 10.7. The molecular weight excluding hydrogens is 228 g/mol. The summed E-state index contributed by atoms with van der Waals surface area (Å²) >= 11 is 0. The number of nitrogens with one attached hydrogen (secondary N) is 1. The van der Waals surface area contributed by atoms with Gasteiger partial charge in [-0.15, -0.1) is 0 Å². The Balaban J connectivity index is 2.13. The third-order valence-electron chi connectivity index (χ3n) is 3.14. The molecule has 0 radical (unpaired) electrons. The summed E-state index contributed by atoms with van der Waals surface area (Å²) in [5.74, 6) is -0.124. The molecular formula is C13H20N4O. The second-order valence-electron chi connectivity index (χ2n) is 4.61. The molecule has 1 amide bonds. The molecule has 0 bridgehead atoms. The number of hydrogen-bond acceptors (Lipinski definition) is 4. The molecule has 1 aromatic heterocycles. The minimum absolute atomic E-state index is 0.124. The Morgan fingerprint density at radius 2 is 2.50 bits per heavy atom. The van der Waals surface area contributed by atoms with Gasteiger partial charge in [-0.25, -0.2) is 0 Å². The lowest BCUT2D eigenvalue weighted by Crippen LogP contribution is -2.42. The molecule has 1 aliphatic heterocycles. The van der Waals surface area contributed by atoms with Gasteiger partial charge in [0.25, 0.3) is 5.91 Å². The highest BCUT2D eigenvalue weighted by Crippen LogP contribution is 2.19. The maximum absolute atomic E-state index is 11.7. The molecule has 3 N–H and O–H groups in total. The molecule has 1 atom stereocenters. The molecule has 1 fully saturated rings. The number of carbonyl (C=O) groups excluding carboxylic acids is 1. The molecule has 5 heteroatoms. The van der Waals surface area contributed by atoms with E-state index >= 15 is 0 Å². The van der Waals surface area contributed by atoms with E-state index in [1.165, 1.54) is 0 Å². The van der Waals surface area contributed by atoms with Gasteiger partial charge in [0.1, 0.15) is 5.69 Å². The first-order chi connectivity index (χ1) is 8.70. The molecule has 1 aliphatic rings. The van der Waals surface area contributed by atoms with Gasteiger partial charge >= 0.3 is 0 Å². The van der Waals surface area contributed by atoms with Gasteiger partial charge in [-0.2, -0.15) is 0 Å². The topological polar surface area (TPSA) is 71.2 Å². The largest absolute Gasteiger partial charge is 0.370 e. The third-order valence-corrected chi connectivity index (χ3v) is 3.14. The standard InChI is InChI=1S/C13H20N4O/c1-2-15-13(18)12-8-11(5-6-16-12)17-7-3-4-10(14)9-17/h5-6,8,10H,2-4,7,9,14H2,1H3,(H,15,18). The second-order valence-corrected chi connectivity index (χ2v) is 4.61. The summed E-state index contributed by atoms with van der Waals surface area (Å²) in [5.41, 5.74) is 7.47.